The summed E-state index contributed by atoms with van der Waals surface area (Å²) in [6, 6.07) is 20.8. The molecule has 1 amide bonds. The molecule has 0 aliphatic heterocycles. The number of benzene rings is 2. The van der Waals surface area contributed by atoms with Gasteiger partial charge >= 0.3 is 0 Å². The van der Waals surface area contributed by atoms with Crippen LogP contribution in [0.3, 0.4) is 0 Å². The fourth-order valence-corrected chi connectivity index (χ4v) is 3.66. The number of carbonyl (C=O) groups excluding carboxylic acids is 1. The van der Waals surface area contributed by atoms with Crippen LogP contribution in [0.1, 0.15) is 34.1 Å². The van der Waals surface area contributed by atoms with E-state index in [0.29, 0.717) is 41.9 Å². The fraction of sp³-hybridized carbons (Fsp3) is 0.192. The van der Waals surface area contributed by atoms with E-state index in [1.165, 1.54) is 0 Å². The van der Waals surface area contributed by atoms with Crippen molar-refractivity contribution in [3.63, 3.8) is 0 Å². The summed E-state index contributed by atoms with van der Waals surface area (Å²) < 4.78 is 7.26. The summed E-state index contributed by atoms with van der Waals surface area (Å²) >= 11 is 0. The first-order valence-electron chi connectivity index (χ1n) is 10.6. The molecule has 2 heterocycles. The minimum Gasteiger partial charge on any atom is -0.494 e. The van der Waals surface area contributed by atoms with Crippen molar-refractivity contribution in [2.75, 3.05) is 6.61 Å². The predicted octanol–water partition coefficient (Wildman–Crippen LogP) is 4.08. The van der Waals surface area contributed by atoms with Crippen molar-refractivity contribution in [1.29, 1.82) is 0 Å². The molecular formula is C26H25N3O3. The maximum absolute atomic E-state index is 13.1. The molecule has 162 valence electrons. The number of amides is 1. The molecule has 0 aliphatic carbocycles. The Morgan fingerprint density at radius 1 is 1.06 bits per heavy atom. The average molecular weight is 428 g/mol. The number of carbonyl (C=O) groups is 1. The molecule has 2 aromatic heterocycles. The number of hydrogen-bond donors (Lipinski definition) is 1. The van der Waals surface area contributed by atoms with E-state index in [1.807, 2.05) is 67.6 Å². The summed E-state index contributed by atoms with van der Waals surface area (Å²) in [6.45, 7) is 5.02. The molecule has 2 aromatic carbocycles. The lowest BCUT2D eigenvalue weighted by atomic mass is 10.1. The second-order valence-electron chi connectivity index (χ2n) is 7.51. The van der Waals surface area contributed by atoms with Crippen molar-refractivity contribution in [3.8, 4) is 5.75 Å². The van der Waals surface area contributed by atoms with E-state index in [4.69, 9.17) is 4.74 Å². The van der Waals surface area contributed by atoms with E-state index in [1.54, 1.807) is 23.8 Å². The van der Waals surface area contributed by atoms with Crippen LogP contribution < -0.4 is 15.6 Å². The van der Waals surface area contributed by atoms with Gasteiger partial charge in [0.25, 0.3) is 11.5 Å². The van der Waals surface area contributed by atoms with Crippen LogP contribution in [0.15, 0.2) is 77.7 Å². The van der Waals surface area contributed by atoms with Gasteiger partial charge in [0.2, 0.25) is 0 Å². The van der Waals surface area contributed by atoms with E-state index in [2.05, 4.69) is 10.3 Å². The standard InChI is InChI=1S/C26H25N3O3/c1-3-32-24-12-8-7-11-20(24)16-27-25(30)21-15-22-23(28-18(21)2)13-14-29(26(22)31)17-19-9-5-4-6-10-19/h4-15H,3,16-17H2,1-2H3,(H,27,30). The molecular weight excluding hydrogens is 402 g/mol. The molecule has 6 nitrogen and oxygen atoms in total. The van der Waals surface area contributed by atoms with Gasteiger partial charge in [0.05, 0.1) is 35.3 Å². The largest absolute Gasteiger partial charge is 0.494 e. The number of nitrogens with one attached hydrogen (secondary N) is 1. The lowest BCUT2D eigenvalue weighted by molar-refractivity contribution is 0.0950. The molecule has 6 heteroatoms. The normalized spacial score (nSPS) is 10.8. The lowest BCUT2D eigenvalue weighted by Gasteiger charge is -2.13. The van der Waals surface area contributed by atoms with Crippen molar-refractivity contribution in [2.24, 2.45) is 0 Å². The van der Waals surface area contributed by atoms with Crippen LogP contribution in [0.4, 0.5) is 0 Å². The molecule has 0 saturated heterocycles. The first-order valence-corrected chi connectivity index (χ1v) is 10.6. The number of nitrogens with zero attached hydrogens (tertiary/aromatic N) is 2. The van der Waals surface area contributed by atoms with Crippen LogP contribution >= 0.6 is 0 Å². The molecule has 0 bridgehead atoms. The highest BCUT2D eigenvalue weighted by molar-refractivity contribution is 5.98. The van der Waals surface area contributed by atoms with Crippen molar-refractivity contribution >= 4 is 16.8 Å². The minimum absolute atomic E-state index is 0.172. The minimum atomic E-state index is -0.277. The molecule has 4 rings (SSSR count). The van der Waals surface area contributed by atoms with Gasteiger partial charge in [-0.2, -0.15) is 0 Å². The Balaban J connectivity index is 1.61. The third-order valence-corrected chi connectivity index (χ3v) is 5.30. The van der Waals surface area contributed by atoms with E-state index in [-0.39, 0.29) is 11.5 Å². The monoisotopic (exact) mass is 427 g/mol. The Hall–Kier alpha value is -3.93. The third-order valence-electron chi connectivity index (χ3n) is 5.30. The first kappa shape index (κ1) is 21.3. The molecule has 0 unspecified atom stereocenters. The van der Waals surface area contributed by atoms with Gasteiger partial charge in [0.15, 0.2) is 0 Å². The molecule has 0 atom stereocenters. The molecule has 0 radical (unpaired) electrons. The van der Waals surface area contributed by atoms with E-state index >= 15 is 0 Å². The fourth-order valence-electron chi connectivity index (χ4n) is 3.66. The summed E-state index contributed by atoms with van der Waals surface area (Å²) in [5.41, 5.74) is 3.29. The van der Waals surface area contributed by atoms with Gasteiger partial charge in [0, 0.05) is 18.3 Å². The highest BCUT2D eigenvalue weighted by Crippen LogP contribution is 2.19. The van der Waals surface area contributed by atoms with Crippen LogP contribution in [0.2, 0.25) is 0 Å². The van der Waals surface area contributed by atoms with Crippen LogP contribution in [0.5, 0.6) is 5.75 Å². The molecule has 0 saturated carbocycles. The number of para-hydroxylation sites is 1. The number of hydrogen-bond acceptors (Lipinski definition) is 4. The van der Waals surface area contributed by atoms with Gasteiger partial charge in [0.1, 0.15) is 5.75 Å². The summed E-state index contributed by atoms with van der Waals surface area (Å²) in [4.78, 5) is 30.5. The Labute approximate surface area is 186 Å². The highest BCUT2D eigenvalue weighted by atomic mass is 16.5. The Bertz CT molecular complexity index is 1310. The molecule has 0 fully saturated rings. The van der Waals surface area contributed by atoms with Gasteiger partial charge in [-0.05, 0) is 37.6 Å². The number of aromatic nitrogens is 2. The van der Waals surface area contributed by atoms with E-state index in [9.17, 15) is 9.59 Å². The van der Waals surface area contributed by atoms with Crippen molar-refractivity contribution in [1.82, 2.24) is 14.9 Å². The summed E-state index contributed by atoms with van der Waals surface area (Å²) in [6.07, 6.45) is 1.74. The molecule has 4 aromatic rings. The summed E-state index contributed by atoms with van der Waals surface area (Å²) in [7, 11) is 0. The maximum atomic E-state index is 13.1. The van der Waals surface area contributed by atoms with Crippen LogP contribution in [-0.2, 0) is 13.1 Å². The van der Waals surface area contributed by atoms with E-state index in [0.717, 1.165) is 16.9 Å². The molecule has 1 N–H and O–H groups in total. The lowest BCUT2D eigenvalue weighted by Crippen LogP contribution is -2.25. The smallest absolute Gasteiger partial charge is 0.260 e. The Morgan fingerprint density at radius 3 is 2.59 bits per heavy atom. The average Bonchev–Trinajstić information content (AvgIpc) is 2.81. The second kappa shape index (κ2) is 9.47. The van der Waals surface area contributed by atoms with Crippen molar-refractivity contribution in [3.05, 3.63) is 106 Å². The van der Waals surface area contributed by atoms with Gasteiger partial charge in [-0.3, -0.25) is 14.6 Å². The third kappa shape index (κ3) is 4.54. The van der Waals surface area contributed by atoms with E-state index < -0.39 is 0 Å². The van der Waals surface area contributed by atoms with Crippen LogP contribution in [0.25, 0.3) is 10.9 Å². The second-order valence-corrected chi connectivity index (χ2v) is 7.51. The number of aryl methyl sites for hydroxylation is 1. The highest BCUT2D eigenvalue weighted by Gasteiger charge is 2.15. The van der Waals surface area contributed by atoms with Gasteiger partial charge in [-0.15, -0.1) is 0 Å². The number of rotatable bonds is 7. The van der Waals surface area contributed by atoms with Gasteiger partial charge in [-0.1, -0.05) is 48.5 Å². The molecule has 32 heavy (non-hydrogen) atoms. The number of fused-ring (bicyclic) bond motifs is 1. The maximum Gasteiger partial charge on any atom is 0.260 e. The number of ether oxygens (including phenoxy) is 1. The van der Waals surface area contributed by atoms with Crippen LogP contribution in [-0.4, -0.2) is 22.1 Å². The molecule has 0 aliphatic rings. The van der Waals surface area contributed by atoms with Gasteiger partial charge in [-0.25, -0.2) is 0 Å². The van der Waals surface area contributed by atoms with Crippen LogP contribution in [0, 0.1) is 6.92 Å². The zero-order valence-electron chi connectivity index (χ0n) is 18.2. The van der Waals surface area contributed by atoms with Crippen molar-refractivity contribution in [2.45, 2.75) is 26.9 Å². The zero-order valence-corrected chi connectivity index (χ0v) is 18.2. The Kier molecular flexibility index (Phi) is 6.31. The predicted molar refractivity (Wildman–Crippen MR) is 125 cm³/mol. The van der Waals surface area contributed by atoms with Gasteiger partial charge < -0.3 is 14.6 Å². The first-order chi connectivity index (χ1) is 15.6. The number of pyridine rings is 2. The van der Waals surface area contributed by atoms with Crippen molar-refractivity contribution < 1.29 is 9.53 Å². The quantitative estimate of drug-likeness (QED) is 0.482. The SMILES string of the molecule is CCOc1ccccc1CNC(=O)c1cc2c(=O)n(Cc3ccccc3)ccc2nc1C. The summed E-state index contributed by atoms with van der Waals surface area (Å²) in [5.74, 6) is 0.466. The molecule has 0 spiro atoms. The zero-order chi connectivity index (χ0) is 22.5. The Morgan fingerprint density at radius 2 is 1.81 bits per heavy atom. The summed E-state index contributed by atoms with van der Waals surface area (Å²) in [5, 5.41) is 3.35. The topological polar surface area (TPSA) is 73.2 Å².